The Bertz CT molecular complexity index is 139. The third kappa shape index (κ3) is 22.5. The van der Waals surface area contributed by atoms with Crippen molar-refractivity contribution in [3.63, 3.8) is 0 Å². The maximum atomic E-state index is 9.76. The van der Waals surface area contributed by atoms with E-state index in [-0.39, 0.29) is 35.3 Å². The van der Waals surface area contributed by atoms with E-state index in [9.17, 15) is 4.79 Å². The van der Waals surface area contributed by atoms with Crippen LogP contribution in [0.15, 0.2) is 0 Å². The van der Waals surface area contributed by atoms with E-state index in [0.29, 0.717) is 0 Å². The molecule has 0 radical (unpaired) electrons. The van der Waals surface area contributed by atoms with E-state index < -0.39 is 18.2 Å². The zero-order valence-corrected chi connectivity index (χ0v) is 9.32. The molecule has 0 spiro atoms. The van der Waals surface area contributed by atoms with E-state index in [1.807, 2.05) is 0 Å². The van der Waals surface area contributed by atoms with Gasteiger partial charge in [0.1, 0.15) is 6.04 Å². The Hall–Kier alpha value is 0.0500. The second-order valence-electron chi connectivity index (χ2n) is 1.39. The summed E-state index contributed by atoms with van der Waals surface area (Å²) in [6.45, 7) is 0. The van der Waals surface area contributed by atoms with Gasteiger partial charge in [-0.05, 0) is 0 Å². The molecule has 0 aliphatic carbocycles. The molecule has 0 heterocycles. The molecule has 0 amide bonds. The van der Waals surface area contributed by atoms with Gasteiger partial charge in [0.25, 0.3) is 0 Å². The van der Waals surface area contributed by atoms with Crippen LogP contribution in [0.1, 0.15) is 0 Å². The molecule has 0 aromatic heterocycles. The molecule has 0 unspecified atom stereocenters. The van der Waals surface area contributed by atoms with Gasteiger partial charge in [-0.3, -0.25) is 4.79 Å². The molecule has 1 atom stereocenters. The average Bonchev–Trinajstić information content (AvgIpc) is 1.85. The van der Waals surface area contributed by atoms with E-state index in [0.717, 1.165) is 0 Å². The Kier molecular flexibility index (Phi) is 16.5. The molecule has 0 aliphatic heterocycles. The number of carbonyl (C=O) groups is 2. The number of carboxylic acids is 1. The summed E-state index contributed by atoms with van der Waals surface area (Å²) >= 11 is 3.65. The van der Waals surface area contributed by atoms with Gasteiger partial charge < -0.3 is 25.8 Å². The molecule has 0 saturated heterocycles. The first-order valence-electron chi connectivity index (χ1n) is 2.41. The van der Waals surface area contributed by atoms with Gasteiger partial charge in [0, 0.05) is 5.75 Å². The van der Waals surface area contributed by atoms with E-state index in [1.165, 1.54) is 0 Å². The zero-order chi connectivity index (χ0) is 9.44. The van der Waals surface area contributed by atoms with Crippen molar-refractivity contribution < 1.29 is 54.5 Å². The number of nitrogens with two attached hydrogens (primary N) is 1. The van der Waals surface area contributed by atoms with Crippen LogP contribution in [0.4, 0.5) is 4.79 Å². The van der Waals surface area contributed by atoms with Crippen molar-refractivity contribution in [1.82, 2.24) is 0 Å². The monoisotopic (exact) mass is 205 g/mol. The van der Waals surface area contributed by atoms with Crippen molar-refractivity contribution in [3.05, 3.63) is 0 Å². The summed E-state index contributed by atoms with van der Waals surface area (Å²) in [7, 11) is 0. The van der Waals surface area contributed by atoms with Crippen molar-refractivity contribution in [2.24, 2.45) is 5.73 Å². The van der Waals surface area contributed by atoms with E-state index >= 15 is 0 Å². The number of aliphatic carboxylic acids is 1. The number of carboxylic acid groups (broad SMARTS) is 3. The quantitative estimate of drug-likeness (QED) is 0.265. The molecule has 6 nitrogen and oxygen atoms in total. The third-order valence-electron chi connectivity index (χ3n) is 0.514. The van der Waals surface area contributed by atoms with E-state index in [4.69, 9.17) is 25.8 Å². The maximum Gasteiger partial charge on any atom is 1.00 e. The van der Waals surface area contributed by atoms with Gasteiger partial charge in [-0.15, -0.1) is 0 Å². The molecule has 66 valence electrons. The number of rotatable bonds is 2. The Morgan fingerprint density at radius 2 is 1.75 bits per heavy atom. The zero-order valence-electron chi connectivity index (χ0n) is 6.43. The molecule has 0 saturated carbocycles. The summed E-state index contributed by atoms with van der Waals surface area (Å²) in [6, 6.07) is -0.816. The van der Waals surface area contributed by atoms with Crippen LogP contribution >= 0.6 is 12.6 Å². The standard InChI is InChI=1S/C3H7NO2S.CH2O3.Na/c4-2(1-7)3(5)6;2-1(3)4;/h2,7H,1,4H2,(H,5,6);(H2,2,3,4);/q;;+1/p-1/t2-;;/m0../s1. The summed E-state index contributed by atoms with van der Waals surface area (Å²) in [5, 5.41) is 23.3. The molecule has 0 bridgehead atoms. The first kappa shape index (κ1) is 18.0. The topological polar surface area (TPSA) is 124 Å². The van der Waals surface area contributed by atoms with Crippen LogP contribution in [-0.2, 0) is 4.79 Å². The van der Waals surface area contributed by atoms with Crippen LogP contribution in [0.2, 0.25) is 0 Å². The first-order valence-corrected chi connectivity index (χ1v) is 3.04. The normalized spacial score (nSPS) is 9.83. The van der Waals surface area contributed by atoms with Crippen molar-refractivity contribution in [2.75, 3.05) is 5.75 Å². The minimum Gasteiger partial charge on any atom is -0.565 e. The molecule has 8 heteroatoms. The predicted molar refractivity (Wildman–Crippen MR) is 37.5 cm³/mol. The summed E-state index contributed by atoms with van der Waals surface area (Å²) in [4.78, 5) is 18.2. The van der Waals surface area contributed by atoms with Crippen LogP contribution < -0.4 is 40.4 Å². The fourth-order valence-electron chi connectivity index (χ4n) is 0.0781. The minimum atomic E-state index is -2.08. The van der Waals surface area contributed by atoms with Gasteiger partial charge in [-0.1, -0.05) is 0 Å². The Labute approximate surface area is 96.5 Å². The molecule has 0 fully saturated rings. The molecular weight excluding hydrogens is 197 g/mol. The summed E-state index contributed by atoms with van der Waals surface area (Å²) in [5.74, 6) is -0.815. The second-order valence-corrected chi connectivity index (χ2v) is 1.76. The van der Waals surface area contributed by atoms with Gasteiger partial charge in [0.05, 0.1) is 0 Å². The molecule has 0 aromatic carbocycles. The van der Waals surface area contributed by atoms with Crippen LogP contribution in [-0.4, -0.2) is 34.1 Å². The molecule has 0 rings (SSSR count). The van der Waals surface area contributed by atoms with Crippen LogP contribution in [0.3, 0.4) is 0 Å². The van der Waals surface area contributed by atoms with Gasteiger partial charge >= 0.3 is 35.5 Å². The molecule has 0 aromatic rings. The van der Waals surface area contributed by atoms with E-state index in [2.05, 4.69) is 12.6 Å². The molecule has 12 heavy (non-hydrogen) atoms. The van der Waals surface area contributed by atoms with Crippen molar-refractivity contribution in [3.8, 4) is 0 Å². The summed E-state index contributed by atoms with van der Waals surface area (Å²) in [5.41, 5.74) is 4.94. The Morgan fingerprint density at radius 1 is 1.50 bits per heavy atom. The summed E-state index contributed by atoms with van der Waals surface area (Å²) in [6.07, 6.45) is -2.08. The second kappa shape index (κ2) is 11.1. The fourth-order valence-corrected chi connectivity index (χ4v) is 0.234. The predicted octanol–water partition coefficient (Wildman–Crippen LogP) is -4.78. The summed E-state index contributed by atoms with van der Waals surface area (Å²) < 4.78 is 0. The molecule has 4 N–H and O–H groups in total. The first-order chi connectivity index (χ1) is 4.91. The Morgan fingerprint density at radius 3 is 1.75 bits per heavy atom. The number of hydrogen-bond donors (Lipinski definition) is 4. The molecular formula is C4H8NNaO5S. The number of thiol groups is 1. The van der Waals surface area contributed by atoms with Crippen molar-refractivity contribution >= 4 is 24.8 Å². The van der Waals surface area contributed by atoms with Crippen LogP contribution in [0.25, 0.3) is 0 Å². The average molecular weight is 205 g/mol. The third-order valence-corrected chi connectivity index (χ3v) is 0.907. The van der Waals surface area contributed by atoms with Crippen molar-refractivity contribution in [2.45, 2.75) is 6.04 Å². The SMILES string of the molecule is N[C@@H](CS)C(=O)O.O=C([O-])O.[Na+]. The van der Waals surface area contributed by atoms with Crippen LogP contribution in [0, 0.1) is 0 Å². The largest absolute Gasteiger partial charge is 1.00 e. The van der Waals surface area contributed by atoms with Gasteiger partial charge in [0.2, 0.25) is 6.16 Å². The van der Waals surface area contributed by atoms with Crippen LogP contribution in [0.5, 0.6) is 0 Å². The van der Waals surface area contributed by atoms with E-state index in [1.54, 1.807) is 0 Å². The number of hydrogen-bond acceptors (Lipinski definition) is 5. The van der Waals surface area contributed by atoms with Crippen molar-refractivity contribution in [1.29, 1.82) is 0 Å². The molecule has 0 aliphatic rings. The van der Waals surface area contributed by atoms with Gasteiger partial charge in [-0.2, -0.15) is 12.6 Å². The maximum absolute atomic E-state index is 9.76. The Balaban J connectivity index is -0.000000142. The minimum absolute atomic E-state index is 0. The fraction of sp³-hybridized carbons (Fsp3) is 0.500. The smallest absolute Gasteiger partial charge is 0.565 e. The van der Waals surface area contributed by atoms with Gasteiger partial charge in [-0.25, -0.2) is 0 Å². The van der Waals surface area contributed by atoms with Gasteiger partial charge in [0.15, 0.2) is 0 Å².